The number of nitrogens with one attached hydrogen (secondary N) is 1. The Balaban J connectivity index is 1.79. The fraction of sp³-hybridized carbons (Fsp3) is 0.357. The van der Waals surface area contributed by atoms with E-state index in [4.69, 9.17) is 0 Å². The first-order valence-corrected chi connectivity index (χ1v) is 7.50. The summed E-state index contributed by atoms with van der Waals surface area (Å²) in [5.74, 6) is 0.0773. The van der Waals surface area contributed by atoms with Crippen molar-refractivity contribution < 1.29 is 10.0 Å². The summed E-state index contributed by atoms with van der Waals surface area (Å²) < 4.78 is 0. The highest BCUT2D eigenvalue weighted by molar-refractivity contribution is 7.13. The van der Waals surface area contributed by atoms with E-state index in [1.807, 2.05) is 18.2 Å². The third kappa shape index (κ3) is 4.89. The molecular weight excluding hydrogens is 290 g/mol. The van der Waals surface area contributed by atoms with Gasteiger partial charge in [-0.25, -0.2) is 0 Å². The highest BCUT2D eigenvalue weighted by Gasteiger charge is 2.11. The van der Waals surface area contributed by atoms with Gasteiger partial charge >= 0.3 is 5.00 Å². The Morgan fingerprint density at radius 3 is 2.95 bits per heavy atom. The third-order valence-corrected chi connectivity index (χ3v) is 3.99. The molecule has 0 aliphatic carbocycles. The lowest BCUT2D eigenvalue weighted by Crippen LogP contribution is -2.26. The molecule has 2 heterocycles. The van der Waals surface area contributed by atoms with Gasteiger partial charge in [-0.1, -0.05) is 17.4 Å². The molecule has 112 valence electrons. The Kier molecular flexibility index (Phi) is 5.79. The maximum Gasteiger partial charge on any atom is 0.324 e. The Morgan fingerprint density at radius 2 is 2.33 bits per heavy atom. The van der Waals surface area contributed by atoms with Gasteiger partial charge in [0.15, 0.2) is 0 Å². The Bertz CT molecular complexity index is 574. The lowest BCUT2D eigenvalue weighted by molar-refractivity contribution is -0.380. The number of aliphatic hydroxyl groups excluding tert-OH is 1. The molecule has 0 spiro atoms. The van der Waals surface area contributed by atoms with Gasteiger partial charge in [0.05, 0.1) is 4.92 Å². The molecule has 2 aromatic rings. The van der Waals surface area contributed by atoms with Crippen LogP contribution >= 0.6 is 11.3 Å². The van der Waals surface area contributed by atoms with Gasteiger partial charge in [-0.3, -0.25) is 15.1 Å². The summed E-state index contributed by atoms with van der Waals surface area (Å²) in [6.07, 6.45) is 2.44. The second kappa shape index (κ2) is 7.82. The first-order valence-electron chi connectivity index (χ1n) is 6.62. The first-order chi connectivity index (χ1) is 10.2. The number of hydrogen-bond acceptors (Lipinski definition) is 6. The number of nitro groups is 1. The van der Waals surface area contributed by atoms with Crippen LogP contribution in [0.2, 0.25) is 0 Å². The van der Waals surface area contributed by atoms with E-state index in [2.05, 4.69) is 10.3 Å². The molecular formula is C14H17N3O3S. The van der Waals surface area contributed by atoms with Gasteiger partial charge in [0.25, 0.3) is 0 Å². The van der Waals surface area contributed by atoms with Crippen molar-refractivity contribution in [3.63, 3.8) is 0 Å². The average molecular weight is 307 g/mol. The summed E-state index contributed by atoms with van der Waals surface area (Å²) in [7, 11) is 0. The van der Waals surface area contributed by atoms with Crippen LogP contribution in [0.4, 0.5) is 5.00 Å². The van der Waals surface area contributed by atoms with Crippen LogP contribution in [0.1, 0.15) is 11.3 Å². The summed E-state index contributed by atoms with van der Waals surface area (Å²) in [4.78, 5) is 14.5. The van der Waals surface area contributed by atoms with Crippen molar-refractivity contribution in [2.24, 2.45) is 5.92 Å². The molecule has 0 amide bonds. The Morgan fingerprint density at radius 1 is 1.48 bits per heavy atom. The minimum atomic E-state index is -0.383. The van der Waals surface area contributed by atoms with Crippen molar-refractivity contribution in [1.82, 2.24) is 10.3 Å². The van der Waals surface area contributed by atoms with Gasteiger partial charge in [0.2, 0.25) is 0 Å². The third-order valence-electron chi connectivity index (χ3n) is 3.06. The van der Waals surface area contributed by atoms with Crippen molar-refractivity contribution in [1.29, 1.82) is 0 Å². The van der Waals surface area contributed by atoms with Crippen molar-refractivity contribution in [2.75, 3.05) is 13.2 Å². The fourth-order valence-corrected chi connectivity index (χ4v) is 2.72. The maximum atomic E-state index is 10.6. The summed E-state index contributed by atoms with van der Waals surface area (Å²) in [6.45, 7) is 1.27. The first kappa shape index (κ1) is 15.6. The number of thiophene rings is 1. The van der Waals surface area contributed by atoms with Crippen LogP contribution in [-0.2, 0) is 13.0 Å². The summed E-state index contributed by atoms with van der Waals surface area (Å²) in [5, 5.41) is 25.2. The van der Waals surface area contributed by atoms with Crippen LogP contribution in [-0.4, -0.2) is 28.2 Å². The van der Waals surface area contributed by atoms with Gasteiger partial charge in [-0.2, -0.15) is 0 Å². The van der Waals surface area contributed by atoms with Crippen molar-refractivity contribution >= 4 is 16.3 Å². The zero-order valence-electron chi connectivity index (χ0n) is 11.4. The largest absolute Gasteiger partial charge is 0.396 e. The van der Waals surface area contributed by atoms with Gasteiger partial charge in [-0.05, 0) is 30.0 Å². The van der Waals surface area contributed by atoms with Crippen LogP contribution in [0.15, 0.2) is 35.8 Å². The molecule has 0 fully saturated rings. The van der Waals surface area contributed by atoms with Crippen LogP contribution in [0.5, 0.6) is 0 Å². The molecule has 0 radical (unpaired) electrons. The molecule has 2 N–H and O–H groups in total. The average Bonchev–Trinajstić information content (AvgIpc) is 2.96. The zero-order valence-corrected chi connectivity index (χ0v) is 12.3. The number of aromatic nitrogens is 1. The van der Waals surface area contributed by atoms with E-state index in [0.29, 0.717) is 19.5 Å². The minimum absolute atomic E-state index is 0.0767. The molecule has 2 aromatic heterocycles. The molecule has 0 bridgehead atoms. The van der Waals surface area contributed by atoms with Crippen molar-refractivity contribution in [3.8, 4) is 0 Å². The smallest absolute Gasteiger partial charge is 0.324 e. The number of nitrogens with zero attached hydrogens (tertiary/aromatic N) is 2. The van der Waals surface area contributed by atoms with Gasteiger partial charge in [0.1, 0.15) is 0 Å². The van der Waals surface area contributed by atoms with E-state index in [1.165, 1.54) is 0 Å². The summed E-state index contributed by atoms with van der Waals surface area (Å²) >= 11 is 1.13. The Labute approximate surface area is 126 Å². The summed E-state index contributed by atoms with van der Waals surface area (Å²) in [6, 6.07) is 7.29. The molecule has 6 nitrogen and oxygen atoms in total. The molecule has 7 heteroatoms. The fourth-order valence-electron chi connectivity index (χ4n) is 1.99. The quantitative estimate of drug-likeness (QED) is 0.575. The highest BCUT2D eigenvalue weighted by atomic mass is 32.1. The van der Waals surface area contributed by atoms with E-state index in [0.717, 1.165) is 22.6 Å². The normalized spacial score (nSPS) is 12.2. The van der Waals surface area contributed by atoms with Crippen LogP contribution in [0.3, 0.4) is 0 Å². The predicted molar refractivity (Wildman–Crippen MR) is 81.2 cm³/mol. The van der Waals surface area contributed by atoms with Gasteiger partial charge in [0, 0.05) is 43.0 Å². The number of rotatable bonds is 8. The minimum Gasteiger partial charge on any atom is -0.396 e. The van der Waals surface area contributed by atoms with Gasteiger partial charge in [-0.15, -0.1) is 0 Å². The Hall–Kier alpha value is -1.83. The number of pyridine rings is 1. The monoisotopic (exact) mass is 307 g/mol. The van der Waals surface area contributed by atoms with Crippen LogP contribution in [0, 0.1) is 16.0 Å². The molecule has 0 aliphatic rings. The molecule has 2 rings (SSSR count). The topological polar surface area (TPSA) is 88.3 Å². The second-order valence-electron chi connectivity index (χ2n) is 4.76. The standard InChI is InChI=1S/C14H17N3O3S/c18-9-11(5-13-3-1-2-4-16-13)7-15-8-12-6-14(17(19)20)21-10-12/h1-4,6,10-11,15,18H,5,7-9H2. The van der Waals surface area contributed by atoms with Crippen LogP contribution in [0.25, 0.3) is 0 Å². The van der Waals surface area contributed by atoms with Crippen LogP contribution < -0.4 is 5.32 Å². The molecule has 1 unspecified atom stereocenters. The lowest BCUT2D eigenvalue weighted by atomic mass is 10.0. The number of aliphatic hydroxyl groups is 1. The van der Waals surface area contributed by atoms with E-state index in [-0.39, 0.29) is 22.4 Å². The predicted octanol–water partition coefficient (Wildman–Crippen LogP) is 1.99. The molecule has 0 aromatic carbocycles. The molecule has 0 saturated heterocycles. The zero-order chi connectivity index (χ0) is 15.1. The SMILES string of the molecule is O=[N+]([O-])c1cc(CNCC(CO)Cc2ccccn2)cs1. The second-order valence-corrected chi connectivity index (χ2v) is 5.64. The highest BCUT2D eigenvalue weighted by Crippen LogP contribution is 2.22. The van der Waals surface area contributed by atoms with Gasteiger partial charge < -0.3 is 10.4 Å². The lowest BCUT2D eigenvalue weighted by Gasteiger charge is -2.14. The van der Waals surface area contributed by atoms with E-state index in [1.54, 1.807) is 17.6 Å². The molecule has 0 aliphatic heterocycles. The molecule has 21 heavy (non-hydrogen) atoms. The van der Waals surface area contributed by atoms with E-state index in [9.17, 15) is 15.2 Å². The molecule has 1 atom stereocenters. The van der Waals surface area contributed by atoms with E-state index < -0.39 is 0 Å². The number of hydrogen-bond donors (Lipinski definition) is 2. The van der Waals surface area contributed by atoms with Crippen molar-refractivity contribution in [2.45, 2.75) is 13.0 Å². The molecule has 0 saturated carbocycles. The van der Waals surface area contributed by atoms with E-state index >= 15 is 0 Å². The maximum absolute atomic E-state index is 10.6. The van der Waals surface area contributed by atoms with Crippen molar-refractivity contribution in [3.05, 3.63) is 57.2 Å². The summed E-state index contributed by atoms with van der Waals surface area (Å²) in [5.41, 5.74) is 1.84.